The zero-order chi connectivity index (χ0) is 21.4. The van der Waals surface area contributed by atoms with E-state index in [-0.39, 0.29) is 5.78 Å². The first-order chi connectivity index (χ1) is 12.7. The topological polar surface area (TPSA) is 49.7 Å². The number of aliphatic hydroxyl groups is 1. The van der Waals surface area contributed by atoms with E-state index >= 15 is 0 Å². The van der Waals surface area contributed by atoms with Crippen molar-refractivity contribution in [2.45, 2.75) is 74.7 Å². The first kappa shape index (κ1) is 27.5. The molecule has 1 N–H and O–H groups in total. The van der Waals surface area contributed by atoms with Gasteiger partial charge < -0.3 is 5.11 Å². The van der Waals surface area contributed by atoms with Crippen molar-refractivity contribution in [2.24, 2.45) is 16.8 Å². The minimum absolute atomic E-state index is 0.0847. The van der Waals surface area contributed by atoms with E-state index in [1.807, 2.05) is 59.7 Å². The Balaban J connectivity index is 0. The highest BCUT2D eigenvalue weighted by atomic mass is 16.3. The van der Waals surface area contributed by atoms with E-state index in [0.717, 1.165) is 28.3 Å². The lowest BCUT2D eigenvalue weighted by molar-refractivity contribution is 0.101. The number of aryl methyl sites for hydroxylation is 1. The van der Waals surface area contributed by atoms with Gasteiger partial charge in [-0.05, 0) is 49.8 Å². The van der Waals surface area contributed by atoms with Gasteiger partial charge >= 0.3 is 0 Å². The minimum Gasteiger partial charge on any atom is -0.396 e. The number of rotatable bonds is 4. The lowest BCUT2D eigenvalue weighted by atomic mass is 9.88. The molecule has 0 spiro atoms. The van der Waals surface area contributed by atoms with Crippen molar-refractivity contribution in [3.63, 3.8) is 0 Å². The third-order valence-corrected chi connectivity index (χ3v) is 3.86. The van der Waals surface area contributed by atoms with E-state index in [4.69, 9.17) is 5.11 Å². The maximum Gasteiger partial charge on any atom is 0.159 e. The first-order valence-electron chi connectivity index (χ1n) is 10.1. The fraction of sp³-hybridized carbons (Fsp3) is 0.583. The molecule has 0 atom stereocenters. The normalized spacial score (nSPS) is 12.7. The summed E-state index contributed by atoms with van der Waals surface area (Å²) in [6.45, 7) is 19.6. The van der Waals surface area contributed by atoms with Crippen molar-refractivity contribution in [2.75, 3.05) is 6.61 Å². The van der Waals surface area contributed by atoms with Crippen molar-refractivity contribution >= 4 is 12.0 Å². The highest BCUT2D eigenvalue weighted by Crippen LogP contribution is 2.24. The minimum atomic E-state index is 0.0847. The van der Waals surface area contributed by atoms with Crippen molar-refractivity contribution < 1.29 is 9.90 Å². The van der Waals surface area contributed by atoms with Gasteiger partial charge in [0.1, 0.15) is 0 Å². The smallest absolute Gasteiger partial charge is 0.159 e. The lowest BCUT2D eigenvalue weighted by Crippen LogP contribution is -2.04. The van der Waals surface area contributed by atoms with Crippen molar-refractivity contribution in [3.8, 4) is 0 Å². The monoisotopic (exact) mass is 375 g/mol. The Kier molecular flexibility index (Phi) is 16.7. The zero-order valence-corrected chi connectivity index (χ0v) is 18.8. The summed E-state index contributed by atoms with van der Waals surface area (Å²) in [5.74, 6) is 1.59. The summed E-state index contributed by atoms with van der Waals surface area (Å²) in [6.07, 6.45) is 6.22. The zero-order valence-electron chi connectivity index (χ0n) is 18.8. The Labute approximate surface area is 167 Å². The van der Waals surface area contributed by atoms with Gasteiger partial charge in [-0.1, -0.05) is 72.6 Å². The number of Topliss-reactive ketones (excluding diaryl/α,β-unsaturated/α-hetero) is 1. The first-order valence-corrected chi connectivity index (χ1v) is 10.1. The molecule has 1 aliphatic carbocycles. The Bertz CT molecular complexity index is 566. The molecule has 1 aliphatic rings. The summed E-state index contributed by atoms with van der Waals surface area (Å²) in [5, 5.41) is 8.14. The molecule has 2 rings (SSSR count). The summed E-state index contributed by atoms with van der Waals surface area (Å²) in [7, 11) is 0. The molecular weight excluding hydrogens is 334 g/mol. The fourth-order valence-electron chi connectivity index (χ4n) is 1.83. The Hall–Kier alpha value is -1.74. The quantitative estimate of drug-likeness (QED) is 0.475. The second-order valence-electron chi connectivity index (χ2n) is 7.23. The number of ketones is 1. The van der Waals surface area contributed by atoms with Gasteiger partial charge in [-0.3, -0.25) is 9.79 Å². The van der Waals surface area contributed by atoms with Crippen LogP contribution in [0.5, 0.6) is 0 Å². The van der Waals surface area contributed by atoms with Gasteiger partial charge in [-0.2, -0.15) is 0 Å². The van der Waals surface area contributed by atoms with Crippen LogP contribution in [0.4, 0.5) is 0 Å². The maximum atomic E-state index is 11.1. The SMILES string of the molecule is C=C(C)N=Cc1ccc(C(C)=O)cc1C.CC.CC(C)CO.CC1CCC1. The van der Waals surface area contributed by atoms with E-state index in [2.05, 4.69) is 18.5 Å². The summed E-state index contributed by atoms with van der Waals surface area (Å²) in [4.78, 5) is 15.3. The van der Waals surface area contributed by atoms with Crippen LogP contribution in [-0.4, -0.2) is 23.7 Å². The third-order valence-electron chi connectivity index (χ3n) is 3.86. The second kappa shape index (κ2) is 16.4. The van der Waals surface area contributed by atoms with Crippen LogP contribution in [0.3, 0.4) is 0 Å². The number of benzene rings is 1. The van der Waals surface area contributed by atoms with Gasteiger partial charge in [0.25, 0.3) is 0 Å². The van der Waals surface area contributed by atoms with Gasteiger partial charge in [0.15, 0.2) is 5.78 Å². The van der Waals surface area contributed by atoms with Crippen LogP contribution in [0.25, 0.3) is 0 Å². The Morgan fingerprint density at radius 1 is 1.30 bits per heavy atom. The molecule has 0 amide bonds. The van der Waals surface area contributed by atoms with Gasteiger partial charge in [0.05, 0.1) is 0 Å². The number of aliphatic imine (C=N–C) groups is 1. The molecule has 1 fully saturated rings. The molecule has 0 radical (unpaired) electrons. The second-order valence-corrected chi connectivity index (χ2v) is 7.23. The van der Waals surface area contributed by atoms with Crippen LogP contribution in [-0.2, 0) is 0 Å². The van der Waals surface area contributed by atoms with Crippen LogP contribution in [0.15, 0.2) is 35.5 Å². The van der Waals surface area contributed by atoms with Crippen LogP contribution in [0.1, 0.15) is 89.2 Å². The summed E-state index contributed by atoms with van der Waals surface area (Å²) < 4.78 is 0. The molecule has 27 heavy (non-hydrogen) atoms. The molecule has 1 aromatic rings. The Morgan fingerprint density at radius 2 is 1.78 bits per heavy atom. The van der Waals surface area contributed by atoms with E-state index in [0.29, 0.717) is 12.5 Å². The van der Waals surface area contributed by atoms with E-state index in [1.54, 1.807) is 13.1 Å². The lowest BCUT2D eigenvalue weighted by Gasteiger charge is -2.18. The maximum absolute atomic E-state index is 11.1. The molecule has 0 aliphatic heterocycles. The third kappa shape index (κ3) is 15.1. The van der Waals surface area contributed by atoms with E-state index in [1.165, 1.54) is 19.3 Å². The standard InChI is InChI=1S/C13H15NO.C5H10.C4H10O.C2H6/c1-9(2)14-8-13-6-5-12(11(4)15)7-10(13)3;1-5-3-2-4-5;1-4(2)3-5;1-2/h5-8H,1H2,2-4H3;5H,2-4H2,1H3;4-5H,3H2,1-2H3;1-2H3. The fourth-order valence-corrected chi connectivity index (χ4v) is 1.83. The molecule has 3 heteroatoms. The molecular formula is C24H41NO2. The summed E-state index contributed by atoms with van der Waals surface area (Å²) in [5.41, 5.74) is 3.57. The Morgan fingerprint density at radius 3 is 2.04 bits per heavy atom. The molecule has 0 saturated heterocycles. The number of hydrogen-bond donors (Lipinski definition) is 1. The van der Waals surface area contributed by atoms with Crippen LogP contribution in [0.2, 0.25) is 0 Å². The molecule has 3 nitrogen and oxygen atoms in total. The molecule has 0 bridgehead atoms. The summed E-state index contributed by atoms with van der Waals surface area (Å²) in [6, 6.07) is 5.59. The molecule has 1 aromatic carbocycles. The van der Waals surface area contributed by atoms with Crippen molar-refractivity contribution in [1.82, 2.24) is 0 Å². The number of carbonyl (C=O) groups excluding carboxylic acids is 1. The highest BCUT2D eigenvalue weighted by molar-refractivity contribution is 5.95. The van der Waals surface area contributed by atoms with Gasteiger partial charge in [0, 0.05) is 24.1 Å². The predicted molar refractivity (Wildman–Crippen MR) is 120 cm³/mol. The van der Waals surface area contributed by atoms with Crippen molar-refractivity contribution in [3.05, 3.63) is 47.2 Å². The number of nitrogens with zero attached hydrogens (tertiary/aromatic N) is 1. The molecule has 154 valence electrons. The average molecular weight is 376 g/mol. The molecule has 1 saturated carbocycles. The van der Waals surface area contributed by atoms with Gasteiger partial charge in [-0.25, -0.2) is 0 Å². The van der Waals surface area contributed by atoms with Crippen molar-refractivity contribution in [1.29, 1.82) is 0 Å². The number of carbonyl (C=O) groups is 1. The van der Waals surface area contributed by atoms with E-state index in [9.17, 15) is 4.79 Å². The number of aliphatic hydroxyl groups excluding tert-OH is 1. The molecule has 0 heterocycles. The molecule has 0 unspecified atom stereocenters. The summed E-state index contributed by atoms with van der Waals surface area (Å²) >= 11 is 0. The van der Waals surface area contributed by atoms with E-state index < -0.39 is 0 Å². The largest absolute Gasteiger partial charge is 0.396 e. The molecule has 0 aromatic heterocycles. The number of hydrogen-bond acceptors (Lipinski definition) is 3. The van der Waals surface area contributed by atoms with Gasteiger partial charge in [-0.15, -0.1) is 0 Å². The van der Waals surface area contributed by atoms with Gasteiger partial charge in [0.2, 0.25) is 0 Å². The number of allylic oxidation sites excluding steroid dienone is 1. The highest BCUT2D eigenvalue weighted by Gasteiger charge is 2.09. The van der Waals surface area contributed by atoms with Crippen LogP contribution in [0, 0.1) is 18.8 Å². The average Bonchev–Trinajstić information content (AvgIpc) is 2.61. The predicted octanol–water partition coefficient (Wildman–Crippen LogP) is 6.62. The van der Waals surface area contributed by atoms with Crippen LogP contribution < -0.4 is 0 Å². The van der Waals surface area contributed by atoms with Crippen LogP contribution >= 0.6 is 0 Å².